The van der Waals surface area contributed by atoms with E-state index in [0.717, 1.165) is 0 Å². The van der Waals surface area contributed by atoms with Crippen LogP contribution in [0.4, 0.5) is 0 Å². The molecule has 0 amide bonds. The van der Waals surface area contributed by atoms with Crippen molar-refractivity contribution in [3.8, 4) is 0 Å². The van der Waals surface area contributed by atoms with Crippen molar-refractivity contribution in [2.75, 3.05) is 13.2 Å². The highest BCUT2D eigenvalue weighted by atomic mass is 31.2. The molecule has 28 heavy (non-hydrogen) atoms. The van der Waals surface area contributed by atoms with Crippen LogP contribution in [0.15, 0.2) is 0 Å². The van der Waals surface area contributed by atoms with Gasteiger partial charge in [-0.25, -0.2) is 4.57 Å². The molecule has 2 saturated heterocycles. The van der Waals surface area contributed by atoms with Crippen LogP contribution in [0.25, 0.3) is 0 Å². The third kappa shape index (κ3) is 7.07. The molecular weight excluding hydrogens is 389 g/mol. The quantitative estimate of drug-likeness (QED) is 0.389. The topological polar surface area (TPSA) is 113 Å². The third-order valence-corrected chi connectivity index (χ3v) is 5.26. The summed E-state index contributed by atoms with van der Waals surface area (Å²) < 4.78 is 44.4. The first-order valence-corrected chi connectivity index (χ1v) is 10.9. The Kier molecular flexibility index (Phi) is 8.59. The van der Waals surface area contributed by atoms with Crippen LogP contribution in [-0.4, -0.2) is 87.2 Å². The summed E-state index contributed by atoms with van der Waals surface area (Å²) in [6.45, 7) is 6.75. The highest BCUT2D eigenvalue weighted by Crippen LogP contribution is 2.49. The zero-order valence-electron chi connectivity index (χ0n) is 16.7. The molecule has 0 aromatic carbocycles. The highest BCUT2D eigenvalue weighted by molar-refractivity contribution is 7.47. The number of phosphoric acid groups is 1. The van der Waals surface area contributed by atoms with Gasteiger partial charge in [0.2, 0.25) is 5.79 Å². The minimum Gasteiger partial charge on any atom is -0.380 e. The molecule has 0 spiro atoms. The Morgan fingerprint density at radius 2 is 1.86 bits per heavy atom. The minimum absolute atomic E-state index is 0.00421. The SMILES string of the molecule is [B][C@H]1CC(OC(C)C)[C@@H](COP(=O)(O)OC2C[C@H]([B])O[C@]2(O)COC(C)C)O1. The van der Waals surface area contributed by atoms with Gasteiger partial charge in [-0.15, -0.1) is 0 Å². The fourth-order valence-corrected chi connectivity index (χ4v) is 4.03. The molecule has 2 N–H and O–H groups in total. The third-order valence-electron chi connectivity index (χ3n) is 4.27. The maximum Gasteiger partial charge on any atom is 0.472 e. The monoisotopic (exact) mass is 418 g/mol. The van der Waals surface area contributed by atoms with Gasteiger partial charge in [-0.2, -0.15) is 0 Å². The number of aliphatic hydroxyl groups is 1. The zero-order chi connectivity index (χ0) is 21.1. The molecule has 4 radical (unpaired) electrons. The van der Waals surface area contributed by atoms with Crippen LogP contribution < -0.4 is 0 Å². The van der Waals surface area contributed by atoms with Gasteiger partial charge >= 0.3 is 7.82 Å². The van der Waals surface area contributed by atoms with Crippen molar-refractivity contribution in [2.45, 2.75) is 88.9 Å². The molecule has 0 bridgehead atoms. The van der Waals surface area contributed by atoms with Crippen LogP contribution in [0.5, 0.6) is 0 Å². The maximum atomic E-state index is 12.4. The molecular formula is C16H29B2O9P. The summed E-state index contributed by atoms with van der Waals surface area (Å²) in [5.74, 6) is -1.96. The van der Waals surface area contributed by atoms with Crippen LogP contribution in [0.2, 0.25) is 0 Å². The molecule has 2 fully saturated rings. The van der Waals surface area contributed by atoms with Crippen molar-refractivity contribution in [2.24, 2.45) is 0 Å². The molecule has 2 heterocycles. The molecule has 2 aliphatic heterocycles. The number of hydrogen-bond acceptors (Lipinski definition) is 8. The second-order valence-corrected chi connectivity index (χ2v) is 9.03. The molecule has 0 aromatic heterocycles. The van der Waals surface area contributed by atoms with Crippen molar-refractivity contribution in [1.29, 1.82) is 0 Å². The number of rotatable bonds is 10. The molecule has 158 valence electrons. The summed E-state index contributed by atoms with van der Waals surface area (Å²) in [6.07, 6.45) is -2.00. The second kappa shape index (κ2) is 9.90. The predicted molar refractivity (Wildman–Crippen MR) is 101 cm³/mol. The van der Waals surface area contributed by atoms with Crippen LogP contribution in [0.1, 0.15) is 40.5 Å². The Morgan fingerprint density at radius 3 is 2.46 bits per heavy atom. The summed E-state index contributed by atoms with van der Waals surface area (Å²) in [5.41, 5.74) is 0. The van der Waals surface area contributed by atoms with E-state index in [0.29, 0.717) is 6.42 Å². The average molecular weight is 418 g/mol. The number of ether oxygens (including phenoxy) is 4. The van der Waals surface area contributed by atoms with Crippen molar-refractivity contribution < 1.29 is 42.6 Å². The number of phosphoric ester groups is 1. The van der Waals surface area contributed by atoms with Crippen LogP contribution in [0, 0.1) is 0 Å². The van der Waals surface area contributed by atoms with Gasteiger partial charge in [0.05, 0.1) is 24.9 Å². The van der Waals surface area contributed by atoms with Crippen molar-refractivity contribution >= 4 is 23.5 Å². The largest absolute Gasteiger partial charge is 0.472 e. The van der Waals surface area contributed by atoms with Crippen LogP contribution >= 0.6 is 7.82 Å². The van der Waals surface area contributed by atoms with E-state index < -0.39 is 37.8 Å². The first-order chi connectivity index (χ1) is 12.9. The summed E-state index contributed by atoms with van der Waals surface area (Å²) in [6, 6.07) is -1.42. The Morgan fingerprint density at radius 1 is 1.18 bits per heavy atom. The molecule has 2 rings (SSSR count). The van der Waals surface area contributed by atoms with Gasteiger partial charge in [0.25, 0.3) is 0 Å². The highest BCUT2D eigenvalue weighted by Gasteiger charge is 2.50. The van der Waals surface area contributed by atoms with Crippen LogP contribution in [0.3, 0.4) is 0 Å². The zero-order valence-corrected chi connectivity index (χ0v) is 17.6. The lowest BCUT2D eigenvalue weighted by atomic mass is 9.96. The molecule has 0 aromatic rings. The van der Waals surface area contributed by atoms with Crippen LogP contribution in [-0.2, 0) is 32.6 Å². The lowest BCUT2D eigenvalue weighted by molar-refractivity contribution is -0.247. The molecule has 7 atom stereocenters. The van der Waals surface area contributed by atoms with Gasteiger partial charge in [0.1, 0.15) is 34.5 Å². The molecule has 0 saturated carbocycles. The van der Waals surface area contributed by atoms with E-state index in [1.54, 1.807) is 13.8 Å². The lowest BCUT2D eigenvalue weighted by Gasteiger charge is -2.30. The van der Waals surface area contributed by atoms with E-state index in [9.17, 15) is 14.6 Å². The molecule has 3 unspecified atom stereocenters. The fourth-order valence-electron chi connectivity index (χ4n) is 3.07. The minimum atomic E-state index is -4.56. The Balaban J connectivity index is 1.93. The average Bonchev–Trinajstić information content (AvgIpc) is 3.02. The van der Waals surface area contributed by atoms with Crippen molar-refractivity contribution in [3.05, 3.63) is 0 Å². The van der Waals surface area contributed by atoms with Gasteiger partial charge in [-0.05, 0) is 40.5 Å². The Bertz CT molecular complexity index is 552. The van der Waals surface area contributed by atoms with E-state index in [-0.39, 0.29) is 37.9 Å². The maximum absolute atomic E-state index is 12.4. The Labute approximate surface area is 168 Å². The standard InChI is InChI=1S/C16H29B2O9P/c1-9(2)22-8-16(19)13(6-15(18)26-16)27-28(20,21)23-7-12-11(24-10(3)4)5-14(17)25-12/h9-15,19H,5-8H2,1-4H3,(H,20,21)/t11?,12-,13?,14-,15-,16-/m1/s1. The van der Waals surface area contributed by atoms with E-state index >= 15 is 0 Å². The summed E-state index contributed by atoms with van der Waals surface area (Å²) in [4.78, 5) is 10.1. The molecule has 2 aliphatic rings. The summed E-state index contributed by atoms with van der Waals surface area (Å²) >= 11 is 0. The smallest absolute Gasteiger partial charge is 0.380 e. The first kappa shape index (κ1) is 24.3. The Hall–Kier alpha value is 0.0399. The molecule has 9 nitrogen and oxygen atoms in total. The van der Waals surface area contributed by atoms with Gasteiger partial charge in [0, 0.05) is 12.0 Å². The van der Waals surface area contributed by atoms with Gasteiger partial charge < -0.3 is 28.9 Å². The van der Waals surface area contributed by atoms with E-state index in [1.165, 1.54) is 0 Å². The van der Waals surface area contributed by atoms with Crippen molar-refractivity contribution in [3.63, 3.8) is 0 Å². The predicted octanol–water partition coefficient (Wildman–Crippen LogP) is 0.594. The van der Waals surface area contributed by atoms with Gasteiger partial charge in [-0.3, -0.25) is 9.05 Å². The van der Waals surface area contributed by atoms with Gasteiger partial charge in [0.15, 0.2) is 0 Å². The normalized spacial score (nSPS) is 38.4. The van der Waals surface area contributed by atoms with Gasteiger partial charge in [-0.1, -0.05) is 0 Å². The first-order valence-electron chi connectivity index (χ1n) is 9.40. The second-order valence-electron chi connectivity index (χ2n) is 7.63. The summed E-state index contributed by atoms with van der Waals surface area (Å²) in [5, 5.41) is 10.6. The molecule has 12 heteroatoms. The summed E-state index contributed by atoms with van der Waals surface area (Å²) in [7, 11) is 6.92. The molecule has 0 aliphatic carbocycles. The van der Waals surface area contributed by atoms with E-state index in [4.69, 9.17) is 43.7 Å². The lowest BCUT2D eigenvalue weighted by Crippen LogP contribution is -2.45. The number of hydrogen-bond donors (Lipinski definition) is 2. The van der Waals surface area contributed by atoms with E-state index in [1.807, 2.05) is 13.8 Å². The fraction of sp³-hybridized carbons (Fsp3) is 1.00. The van der Waals surface area contributed by atoms with E-state index in [2.05, 4.69) is 0 Å². The van der Waals surface area contributed by atoms with Crippen molar-refractivity contribution in [1.82, 2.24) is 0 Å².